The molecular weight excluding hydrogens is 300 g/mol. The lowest BCUT2D eigenvalue weighted by Crippen LogP contribution is -2.18. The Balaban J connectivity index is 3.23. The molecule has 0 saturated heterocycles. The van der Waals surface area contributed by atoms with Gasteiger partial charge in [-0.1, -0.05) is 11.6 Å². The van der Waals surface area contributed by atoms with E-state index in [1.165, 1.54) is 12.1 Å². The minimum absolute atomic E-state index is 0.0873. The fourth-order valence-electron chi connectivity index (χ4n) is 0.749. The Morgan fingerprint density at radius 3 is 2.60 bits per heavy atom. The highest BCUT2D eigenvalue weighted by Gasteiger charge is 2.33. The predicted octanol–water partition coefficient (Wildman–Crippen LogP) is 3.27. The fourth-order valence-corrected chi connectivity index (χ4v) is 1.54. The molecule has 1 heterocycles. The Kier molecular flexibility index (Phi) is 3.42. The molecule has 80 valence electrons. The van der Waals surface area contributed by atoms with E-state index in [1.54, 1.807) is 0 Å². The molecule has 0 aliphatic carbocycles. The van der Waals surface area contributed by atoms with Crippen molar-refractivity contribution in [2.24, 2.45) is 0 Å². The zero-order chi connectivity index (χ0) is 11.6. The average molecular weight is 301 g/mol. The first-order valence-electron chi connectivity index (χ1n) is 3.35. The molecule has 0 saturated carbocycles. The molecule has 1 aromatic heterocycles. The van der Waals surface area contributed by atoms with Gasteiger partial charge < -0.3 is 4.74 Å². The summed E-state index contributed by atoms with van der Waals surface area (Å²) in [5, 5.41) is 8.37. The number of pyridine rings is 1. The van der Waals surface area contributed by atoms with Crippen molar-refractivity contribution in [3.05, 3.63) is 21.3 Å². The standard InChI is InChI=1S/C7HBrClF3N2O/c8-4-1-5(9)14-6(3(4)2-13)15-7(10,11)12/h1H. The zero-order valence-corrected chi connectivity index (χ0v) is 9.11. The number of hydrogen-bond donors (Lipinski definition) is 0. The van der Waals surface area contributed by atoms with E-state index in [1.807, 2.05) is 0 Å². The molecule has 8 heteroatoms. The second-order valence-corrected chi connectivity index (χ2v) is 3.51. The Bertz CT molecular complexity index is 429. The molecule has 0 spiro atoms. The first-order chi connectivity index (χ1) is 6.83. The van der Waals surface area contributed by atoms with Gasteiger partial charge in [0.1, 0.15) is 16.8 Å². The van der Waals surface area contributed by atoms with Gasteiger partial charge in [-0.3, -0.25) is 0 Å². The summed E-state index contributed by atoms with van der Waals surface area (Å²) < 4.78 is 39.3. The van der Waals surface area contributed by atoms with Gasteiger partial charge in [-0.05, 0) is 22.0 Å². The lowest BCUT2D eigenvalue weighted by molar-refractivity contribution is -0.276. The number of nitrogens with zero attached hydrogens (tertiary/aromatic N) is 2. The zero-order valence-electron chi connectivity index (χ0n) is 6.77. The summed E-state index contributed by atoms with van der Waals surface area (Å²) in [6, 6.07) is 2.72. The molecule has 0 radical (unpaired) electrons. The van der Waals surface area contributed by atoms with Gasteiger partial charge in [0.05, 0.1) is 0 Å². The molecule has 0 N–H and O–H groups in total. The monoisotopic (exact) mass is 300 g/mol. The SMILES string of the molecule is N#Cc1c(Br)cc(Cl)nc1OC(F)(F)F. The van der Waals surface area contributed by atoms with Crippen LogP contribution in [0.4, 0.5) is 13.2 Å². The van der Waals surface area contributed by atoms with Crippen LogP contribution >= 0.6 is 27.5 Å². The summed E-state index contributed by atoms with van der Waals surface area (Å²) in [5.41, 5.74) is -0.364. The van der Waals surface area contributed by atoms with Gasteiger partial charge in [0, 0.05) is 4.47 Å². The molecule has 0 aliphatic rings. The Morgan fingerprint density at radius 2 is 2.13 bits per heavy atom. The Hall–Kier alpha value is -1.00. The molecule has 0 unspecified atom stereocenters. The molecule has 0 amide bonds. The van der Waals surface area contributed by atoms with Crippen molar-refractivity contribution in [1.29, 1.82) is 5.26 Å². The van der Waals surface area contributed by atoms with Crippen molar-refractivity contribution in [2.75, 3.05) is 0 Å². The highest BCUT2D eigenvalue weighted by molar-refractivity contribution is 9.10. The third-order valence-electron chi connectivity index (χ3n) is 1.23. The highest BCUT2D eigenvalue weighted by Crippen LogP contribution is 2.30. The number of alkyl halides is 3. The van der Waals surface area contributed by atoms with E-state index >= 15 is 0 Å². The number of rotatable bonds is 1. The first kappa shape index (κ1) is 12.1. The normalized spacial score (nSPS) is 10.9. The third kappa shape index (κ3) is 3.25. The number of ether oxygens (including phenoxy) is 1. The molecular formula is C7HBrClF3N2O. The maximum atomic E-state index is 11.9. The van der Waals surface area contributed by atoms with Gasteiger partial charge in [-0.2, -0.15) is 5.26 Å². The van der Waals surface area contributed by atoms with Gasteiger partial charge in [0.2, 0.25) is 5.88 Å². The van der Waals surface area contributed by atoms with Crippen LogP contribution in [0.1, 0.15) is 5.56 Å². The second kappa shape index (κ2) is 4.24. The van der Waals surface area contributed by atoms with Gasteiger partial charge in [-0.25, -0.2) is 4.98 Å². The van der Waals surface area contributed by atoms with Crippen molar-refractivity contribution in [2.45, 2.75) is 6.36 Å². The van der Waals surface area contributed by atoms with Crippen molar-refractivity contribution >= 4 is 27.5 Å². The van der Waals surface area contributed by atoms with Crippen molar-refractivity contribution in [3.8, 4) is 11.9 Å². The number of aromatic nitrogens is 1. The summed E-state index contributed by atoms with van der Waals surface area (Å²) in [6.45, 7) is 0. The fraction of sp³-hybridized carbons (Fsp3) is 0.143. The summed E-state index contributed by atoms with van der Waals surface area (Å²) in [4.78, 5) is 3.26. The quantitative estimate of drug-likeness (QED) is 0.748. The van der Waals surface area contributed by atoms with Crippen LogP contribution in [0, 0.1) is 11.3 Å². The topological polar surface area (TPSA) is 45.9 Å². The highest BCUT2D eigenvalue weighted by atomic mass is 79.9. The molecule has 3 nitrogen and oxygen atoms in total. The van der Waals surface area contributed by atoms with Crippen LogP contribution in [0.15, 0.2) is 10.5 Å². The summed E-state index contributed by atoms with van der Waals surface area (Å²) in [6.07, 6.45) is -4.91. The molecule has 0 aromatic carbocycles. The van der Waals surface area contributed by atoms with Crippen molar-refractivity contribution < 1.29 is 17.9 Å². The van der Waals surface area contributed by atoms with Gasteiger partial charge in [0.25, 0.3) is 0 Å². The summed E-state index contributed by atoms with van der Waals surface area (Å²) in [7, 11) is 0. The van der Waals surface area contributed by atoms with E-state index in [-0.39, 0.29) is 15.2 Å². The molecule has 1 rings (SSSR count). The predicted molar refractivity (Wildman–Crippen MR) is 48.3 cm³/mol. The minimum atomic E-state index is -4.91. The average Bonchev–Trinajstić information content (AvgIpc) is 1.99. The van der Waals surface area contributed by atoms with Gasteiger partial charge in [0.15, 0.2) is 0 Å². The van der Waals surface area contributed by atoms with Gasteiger partial charge in [-0.15, -0.1) is 13.2 Å². The molecule has 0 aliphatic heterocycles. The van der Waals surface area contributed by atoms with Crippen LogP contribution in [0.2, 0.25) is 5.15 Å². The minimum Gasteiger partial charge on any atom is -0.386 e. The number of nitriles is 1. The lowest BCUT2D eigenvalue weighted by Gasteiger charge is -2.09. The maximum Gasteiger partial charge on any atom is 0.574 e. The van der Waals surface area contributed by atoms with Gasteiger partial charge >= 0.3 is 6.36 Å². The van der Waals surface area contributed by atoms with Crippen LogP contribution in [-0.4, -0.2) is 11.3 Å². The smallest absolute Gasteiger partial charge is 0.386 e. The van der Waals surface area contributed by atoms with Crippen LogP contribution in [0.25, 0.3) is 0 Å². The second-order valence-electron chi connectivity index (χ2n) is 2.27. The third-order valence-corrected chi connectivity index (χ3v) is 2.05. The first-order valence-corrected chi connectivity index (χ1v) is 4.52. The number of halogens is 5. The summed E-state index contributed by atoms with van der Waals surface area (Å²) in [5.74, 6) is -0.871. The number of hydrogen-bond acceptors (Lipinski definition) is 3. The molecule has 15 heavy (non-hydrogen) atoms. The van der Waals surface area contributed by atoms with Crippen LogP contribution < -0.4 is 4.74 Å². The van der Waals surface area contributed by atoms with E-state index < -0.39 is 12.2 Å². The molecule has 0 atom stereocenters. The largest absolute Gasteiger partial charge is 0.574 e. The maximum absolute atomic E-state index is 11.9. The molecule has 0 fully saturated rings. The Morgan fingerprint density at radius 1 is 1.53 bits per heavy atom. The van der Waals surface area contributed by atoms with E-state index in [9.17, 15) is 13.2 Å². The van der Waals surface area contributed by atoms with Crippen LogP contribution in [0.5, 0.6) is 5.88 Å². The summed E-state index contributed by atoms with van der Waals surface area (Å²) >= 11 is 8.28. The molecule has 1 aromatic rings. The Labute approximate surface area is 95.6 Å². The lowest BCUT2D eigenvalue weighted by atomic mass is 10.3. The van der Waals surface area contributed by atoms with Crippen molar-refractivity contribution in [3.63, 3.8) is 0 Å². The van der Waals surface area contributed by atoms with Crippen LogP contribution in [0.3, 0.4) is 0 Å². The van der Waals surface area contributed by atoms with E-state index in [4.69, 9.17) is 16.9 Å². The van der Waals surface area contributed by atoms with Crippen molar-refractivity contribution in [1.82, 2.24) is 4.98 Å². The van der Waals surface area contributed by atoms with E-state index in [0.717, 1.165) is 0 Å². The van der Waals surface area contributed by atoms with Crippen LogP contribution in [-0.2, 0) is 0 Å². The van der Waals surface area contributed by atoms with E-state index in [2.05, 4.69) is 25.7 Å². The molecule has 0 bridgehead atoms. The van der Waals surface area contributed by atoms with E-state index in [0.29, 0.717) is 0 Å².